The van der Waals surface area contributed by atoms with Gasteiger partial charge in [0.1, 0.15) is 12.7 Å². The number of benzene rings is 2. The van der Waals surface area contributed by atoms with Gasteiger partial charge in [0.2, 0.25) is 0 Å². The highest BCUT2D eigenvalue weighted by Gasteiger charge is 2.13. The largest absolute Gasteiger partial charge is 0.454 e. The summed E-state index contributed by atoms with van der Waals surface area (Å²) in [7, 11) is 0. The molecule has 3 aromatic rings. The molecule has 0 aliphatic heterocycles. The van der Waals surface area contributed by atoms with E-state index in [1.165, 1.54) is 11.9 Å². The predicted molar refractivity (Wildman–Crippen MR) is 101 cm³/mol. The third kappa shape index (κ3) is 4.47. The number of hydrogen-bond donors (Lipinski definition) is 0. The van der Waals surface area contributed by atoms with Crippen LogP contribution < -0.4 is 0 Å². The molecule has 0 spiro atoms. The van der Waals surface area contributed by atoms with E-state index in [-0.39, 0.29) is 12.4 Å². The Morgan fingerprint density at radius 1 is 1.04 bits per heavy atom. The summed E-state index contributed by atoms with van der Waals surface area (Å²) in [6, 6.07) is 14.2. The van der Waals surface area contributed by atoms with Crippen LogP contribution in [0.15, 0.2) is 61.2 Å². The van der Waals surface area contributed by atoms with Crippen molar-refractivity contribution in [3.63, 3.8) is 0 Å². The molecule has 0 saturated heterocycles. The summed E-state index contributed by atoms with van der Waals surface area (Å²) < 4.78 is 6.74. The summed E-state index contributed by atoms with van der Waals surface area (Å²) in [5, 5.41) is 4.02. The van der Waals surface area contributed by atoms with E-state index in [1.54, 1.807) is 47.4 Å². The smallest absolute Gasteiger partial charge is 0.338 e. The van der Waals surface area contributed by atoms with Gasteiger partial charge < -0.3 is 4.74 Å². The van der Waals surface area contributed by atoms with Crippen molar-refractivity contribution in [3.05, 3.63) is 77.9 Å². The van der Waals surface area contributed by atoms with Gasteiger partial charge in [-0.3, -0.25) is 4.79 Å². The number of rotatable bonds is 7. The highest BCUT2D eigenvalue weighted by Crippen LogP contribution is 2.19. The van der Waals surface area contributed by atoms with Crippen molar-refractivity contribution in [2.75, 3.05) is 6.61 Å². The van der Waals surface area contributed by atoms with E-state index >= 15 is 0 Å². The second-order valence-electron chi connectivity index (χ2n) is 6.32. The molecule has 0 bridgehead atoms. The Labute approximate surface area is 157 Å². The average Bonchev–Trinajstić information content (AvgIpc) is 3.26. The van der Waals surface area contributed by atoms with Gasteiger partial charge in [-0.25, -0.2) is 14.5 Å². The number of carbonyl (C=O) groups is 2. The molecule has 0 amide bonds. The van der Waals surface area contributed by atoms with E-state index in [9.17, 15) is 9.59 Å². The van der Waals surface area contributed by atoms with Gasteiger partial charge in [0.05, 0.1) is 11.3 Å². The molecule has 6 heteroatoms. The van der Waals surface area contributed by atoms with Crippen LogP contribution in [0.5, 0.6) is 0 Å². The number of aromatic nitrogens is 3. The number of ether oxygens (including phenoxy) is 1. The zero-order chi connectivity index (χ0) is 19.2. The fourth-order valence-electron chi connectivity index (χ4n) is 2.62. The molecule has 1 aromatic heterocycles. The molecular formula is C21H21N3O3. The number of esters is 1. The SMILES string of the molecule is CC[C@@H](C)c1ccc(C(=O)COC(=O)c2ccc(-n3cncn3)cc2)cc1. The molecule has 0 N–H and O–H groups in total. The molecule has 138 valence electrons. The molecule has 6 nitrogen and oxygen atoms in total. The van der Waals surface area contributed by atoms with Crippen LogP contribution in [0.3, 0.4) is 0 Å². The quantitative estimate of drug-likeness (QED) is 0.471. The summed E-state index contributed by atoms with van der Waals surface area (Å²) in [5.74, 6) is -0.310. The maximum absolute atomic E-state index is 12.2. The van der Waals surface area contributed by atoms with E-state index < -0.39 is 5.97 Å². The maximum atomic E-state index is 12.2. The molecule has 0 saturated carbocycles. The van der Waals surface area contributed by atoms with Gasteiger partial charge in [-0.05, 0) is 42.2 Å². The van der Waals surface area contributed by atoms with Gasteiger partial charge in [-0.2, -0.15) is 5.10 Å². The van der Waals surface area contributed by atoms with Crippen molar-refractivity contribution >= 4 is 11.8 Å². The van der Waals surface area contributed by atoms with Gasteiger partial charge in [0.15, 0.2) is 12.4 Å². The fourth-order valence-corrected chi connectivity index (χ4v) is 2.62. The lowest BCUT2D eigenvalue weighted by Crippen LogP contribution is -2.14. The lowest BCUT2D eigenvalue weighted by molar-refractivity contribution is 0.0475. The average molecular weight is 363 g/mol. The van der Waals surface area contributed by atoms with Gasteiger partial charge in [0.25, 0.3) is 0 Å². The third-order valence-electron chi connectivity index (χ3n) is 4.53. The first kappa shape index (κ1) is 18.5. The summed E-state index contributed by atoms with van der Waals surface area (Å²) in [4.78, 5) is 28.3. The fraction of sp³-hybridized carbons (Fsp3) is 0.238. The Morgan fingerprint density at radius 3 is 2.30 bits per heavy atom. The van der Waals surface area contributed by atoms with Crippen molar-refractivity contribution in [2.45, 2.75) is 26.2 Å². The normalized spacial score (nSPS) is 11.8. The zero-order valence-corrected chi connectivity index (χ0v) is 15.3. The van der Waals surface area contributed by atoms with Gasteiger partial charge >= 0.3 is 5.97 Å². The van der Waals surface area contributed by atoms with Crippen LogP contribution in [0.4, 0.5) is 0 Å². The minimum atomic E-state index is -0.537. The summed E-state index contributed by atoms with van der Waals surface area (Å²) in [5.41, 5.74) is 2.88. The molecule has 1 heterocycles. The third-order valence-corrected chi connectivity index (χ3v) is 4.53. The molecule has 0 radical (unpaired) electrons. The van der Waals surface area contributed by atoms with Crippen molar-refractivity contribution in [2.24, 2.45) is 0 Å². The van der Waals surface area contributed by atoms with Crippen LogP contribution in [0, 0.1) is 0 Å². The van der Waals surface area contributed by atoms with E-state index in [1.807, 2.05) is 12.1 Å². The number of Topliss-reactive ketones (excluding diaryl/α,β-unsaturated/α-hetero) is 1. The van der Waals surface area contributed by atoms with Crippen LogP contribution in [-0.2, 0) is 4.74 Å². The second kappa shape index (κ2) is 8.40. The van der Waals surface area contributed by atoms with E-state index in [0.717, 1.165) is 12.1 Å². The Morgan fingerprint density at radius 2 is 1.70 bits per heavy atom. The van der Waals surface area contributed by atoms with Crippen LogP contribution in [0.25, 0.3) is 5.69 Å². The first-order valence-corrected chi connectivity index (χ1v) is 8.84. The molecule has 0 unspecified atom stereocenters. The summed E-state index contributed by atoms with van der Waals surface area (Å²) >= 11 is 0. The van der Waals surface area contributed by atoms with Crippen LogP contribution >= 0.6 is 0 Å². The molecule has 3 rings (SSSR count). The highest BCUT2D eigenvalue weighted by atomic mass is 16.5. The maximum Gasteiger partial charge on any atom is 0.338 e. The molecule has 2 aromatic carbocycles. The van der Waals surface area contributed by atoms with Crippen LogP contribution in [0.1, 0.15) is 52.5 Å². The first-order valence-electron chi connectivity index (χ1n) is 8.84. The molecule has 0 fully saturated rings. The highest BCUT2D eigenvalue weighted by molar-refractivity contribution is 5.99. The topological polar surface area (TPSA) is 74.1 Å². The van der Waals surface area contributed by atoms with Gasteiger partial charge in [0, 0.05) is 5.56 Å². The standard InChI is InChI=1S/C21H21N3O3/c1-3-15(2)16-4-6-17(7-5-16)20(25)12-27-21(26)18-8-10-19(11-9-18)24-14-22-13-23-24/h4-11,13-15H,3,12H2,1-2H3/t15-/m1/s1. The Bertz CT molecular complexity index is 901. The molecule has 0 aliphatic rings. The Balaban J connectivity index is 1.57. The van der Waals surface area contributed by atoms with E-state index in [2.05, 4.69) is 23.9 Å². The summed E-state index contributed by atoms with van der Waals surface area (Å²) in [6.45, 7) is 3.99. The van der Waals surface area contributed by atoms with Crippen LogP contribution in [0.2, 0.25) is 0 Å². The predicted octanol–water partition coefficient (Wildman–Crippen LogP) is 3.82. The zero-order valence-electron chi connectivity index (χ0n) is 15.3. The molecular weight excluding hydrogens is 342 g/mol. The van der Waals surface area contributed by atoms with Crippen molar-refractivity contribution in [1.29, 1.82) is 0 Å². The minimum absolute atomic E-state index is 0.224. The second-order valence-corrected chi connectivity index (χ2v) is 6.32. The number of carbonyl (C=O) groups excluding carboxylic acids is 2. The minimum Gasteiger partial charge on any atom is -0.454 e. The first-order chi connectivity index (χ1) is 13.1. The number of hydrogen-bond acceptors (Lipinski definition) is 5. The Kier molecular flexibility index (Phi) is 5.76. The molecule has 0 aliphatic carbocycles. The Hall–Kier alpha value is -3.28. The van der Waals surface area contributed by atoms with E-state index in [0.29, 0.717) is 17.0 Å². The lowest BCUT2D eigenvalue weighted by atomic mass is 9.97. The number of nitrogens with zero attached hydrogens (tertiary/aromatic N) is 3. The van der Waals surface area contributed by atoms with Crippen molar-refractivity contribution in [1.82, 2.24) is 14.8 Å². The van der Waals surface area contributed by atoms with Crippen molar-refractivity contribution < 1.29 is 14.3 Å². The van der Waals surface area contributed by atoms with Gasteiger partial charge in [-0.15, -0.1) is 0 Å². The number of ketones is 1. The van der Waals surface area contributed by atoms with E-state index in [4.69, 9.17) is 4.74 Å². The molecule has 27 heavy (non-hydrogen) atoms. The van der Waals surface area contributed by atoms with Crippen LogP contribution in [-0.4, -0.2) is 33.1 Å². The van der Waals surface area contributed by atoms with Gasteiger partial charge in [-0.1, -0.05) is 38.1 Å². The molecule has 1 atom stereocenters. The lowest BCUT2D eigenvalue weighted by Gasteiger charge is -2.09. The monoisotopic (exact) mass is 363 g/mol. The van der Waals surface area contributed by atoms with Crippen molar-refractivity contribution in [3.8, 4) is 5.69 Å². The summed E-state index contributed by atoms with van der Waals surface area (Å²) in [6.07, 6.45) is 4.04.